The van der Waals surface area contributed by atoms with Crippen LogP contribution in [0, 0.1) is 0 Å². The number of rotatable bonds is 5. The van der Waals surface area contributed by atoms with Crippen molar-refractivity contribution >= 4 is 39.1 Å². The molecule has 2 aromatic rings. The fourth-order valence-electron chi connectivity index (χ4n) is 2.71. The third kappa shape index (κ3) is 4.78. The van der Waals surface area contributed by atoms with Crippen LogP contribution in [0.1, 0.15) is 22.3 Å². The van der Waals surface area contributed by atoms with Crippen LogP contribution in [0.2, 0.25) is 10.0 Å². The molecule has 0 aliphatic carbocycles. The Morgan fingerprint density at radius 3 is 2.55 bits per heavy atom. The summed E-state index contributed by atoms with van der Waals surface area (Å²) in [6.07, 6.45) is 0.756. The molecular formula is C19H20Cl2N2O5S. The lowest BCUT2D eigenvalue weighted by atomic mass is 10.1. The summed E-state index contributed by atoms with van der Waals surface area (Å²) in [6.45, 7) is 1.22. The highest BCUT2D eigenvalue weighted by Gasteiger charge is 2.22. The molecular weight excluding hydrogens is 439 g/mol. The number of nitrogens with zero attached hydrogens (tertiary/aromatic N) is 1. The highest BCUT2D eigenvalue weighted by molar-refractivity contribution is 7.89. The van der Waals surface area contributed by atoms with Crippen LogP contribution in [0.4, 0.5) is 0 Å². The van der Waals surface area contributed by atoms with Crippen LogP contribution in [-0.4, -0.2) is 45.9 Å². The van der Waals surface area contributed by atoms with Crippen molar-refractivity contribution in [1.29, 1.82) is 0 Å². The van der Waals surface area contributed by atoms with Crippen LogP contribution >= 0.6 is 23.2 Å². The van der Waals surface area contributed by atoms with E-state index >= 15 is 0 Å². The van der Waals surface area contributed by atoms with E-state index in [2.05, 4.69) is 5.32 Å². The largest absolute Gasteiger partial charge is 0.489 e. The van der Waals surface area contributed by atoms with Gasteiger partial charge in [0.25, 0.3) is 5.91 Å². The van der Waals surface area contributed by atoms with Gasteiger partial charge in [0.15, 0.2) is 11.5 Å². The minimum absolute atomic E-state index is 0.0462. The molecule has 0 spiro atoms. The second-order valence-electron chi connectivity index (χ2n) is 6.57. The predicted octanol–water partition coefficient (Wildman–Crippen LogP) is 3.34. The summed E-state index contributed by atoms with van der Waals surface area (Å²) in [6, 6.07) is 7.56. The van der Waals surface area contributed by atoms with E-state index in [9.17, 15) is 13.2 Å². The maximum Gasteiger partial charge on any atom is 0.251 e. The van der Waals surface area contributed by atoms with Gasteiger partial charge in [-0.2, -0.15) is 0 Å². The Labute approximate surface area is 179 Å². The van der Waals surface area contributed by atoms with Gasteiger partial charge in [-0.3, -0.25) is 4.79 Å². The van der Waals surface area contributed by atoms with E-state index in [1.54, 1.807) is 12.1 Å². The monoisotopic (exact) mass is 458 g/mol. The van der Waals surface area contributed by atoms with Gasteiger partial charge >= 0.3 is 0 Å². The molecule has 1 amide bonds. The lowest BCUT2D eigenvalue weighted by molar-refractivity contribution is 0.0950. The van der Waals surface area contributed by atoms with Gasteiger partial charge in [-0.05, 0) is 35.9 Å². The molecule has 0 saturated heterocycles. The van der Waals surface area contributed by atoms with Crippen LogP contribution in [0.25, 0.3) is 0 Å². The second-order valence-corrected chi connectivity index (χ2v) is 9.51. The number of hydrogen-bond acceptors (Lipinski definition) is 5. The highest BCUT2D eigenvalue weighted by atomic mass is 35.5. The Morgan fingerprint density at radius 2 is 1.83 bits per heavy atom. The summed E-state index contributed by atoms with van der Waals surface area (Å²) in [5.41, 5.74) is 0.901. The Bertz CT molecular complexity index is 1040. The van der Waals surface area contributed by atoms with E-state index in [0.29, 0.717) is 29.7 Å². The van der Waals surface area contributed by atoms with E-state index in [1.807, 2.05) is 0 Å². The molecule has 0 unspecified atom stereocenters. The smallest absolute Gasteiger partial charge is 0.251 e. The van der Waals surface area contributed by atoms with Crippen LogP contribution in [0.5, 0.6) is 11.5 Å². The number of ether oxygens (including phenoxy) is 2. The van der Waals surface area contributed by atoms with Gasteiger partial charge < -0.3 is 14.8 Å². The summed E-state index contributed by atoms with van der Waals surface area (Å²) >= 11 is 12.3. The number of amides is 1. The molecule has 29 heavy (non-hydrogen) atoms. The molecule has 0 radical (unpaired) electrons. The van der Waals surface area contributed by atoms with E-state index in [1.165, 1.54) is 32.3 Å². The molecule has 7 nitrogen and oxygen atoms in total. The molecule has 1 aliphatic rings. The molecule has 0 bridgehead atoms. The number of benzene rings is 2. The molecule has 1 aliphatic heterocycles. The van der Waals surface area contributed by atoms with Crippen molar-refractivity contribution in [3.8, 4) is 11.5 Å². The second kappa shape index (κ2) is 8.79. The SMILES string of the molecule is CN(C)S(=O)(=O)c1cc(C(=O)NCc2cc(Cl)c3c(c2)OCCCO3)ccc1Cl. The number of hydrogen-bond donors (Lipinski definition) is 1. The van der Waals surface area contributed by atoms with Crippen molar-refractivity contribution in [1.82, 2.24) is 9.62 Å². The number of carbonyl (C=O) groups is 1. The van der Waals surface area contributed by atoms with E-state index in [-0.39, 0.29) is 22.0 Å². The van der Waals surface area contributed by atoms with Gasteiger partial charge in [-0.15, -0.1) is 0 Å². The zero-order valence-corrected chi connectivity index (χ0v) is 18.2. The molecule has 156 valence electrons. The first-order valence-corrected chi connectivity index (χ1v) is 11.0. The Hall–Kier alpha value is -2.00. The normalized spacial score (nSPS) is 13.8. The Balaban J connectivity index is 1.78. The average molecular weight is 459 g/mol. The zero-order valence-electron chi connectivity index (χ0n) is 15.9. The number of fused-ring (bicyclic) bond motifs is 1. The lowest BCUT2D eigenvalue weighted by Gasteiger charge is -2.14. The van der Waals surface area contributed by atoms with Crippen molar-refractivity contribution in [2.45, 2.75) is 17.9 Å². The fourth-order valence-corrected chi connectivity index (χ4v) is 4.39. The summed E-state index contributed by atoms with van der Waals surface area (Å²) in [4.78, 5) is 12.4. The minimum Gasteiger partial charge on any atom is -0.489 e. The maximum absolute atomic E-state index is 12.6. The molecule has 0 saturated carbocycles. The maximum atomic E-state index is 12.6. The van der Waals surface area contributed by atoms with Crippen molar-refractivity contribution < 1.29 is 22.7 Å². The highest BCUT2D eigenvalue weighted by Crippen LogP contribution is 2.38. The third-order valence-corrected chi connectivity index (χ3v) is 6.84. The molecule has 1 heterocycles. The van der Waals surface area contributed by atoms with Gasteiger partial charge in [0, 0.05) is 32.6 Å². The van der Waals surface area contributed by atoms with Crippen molar-refractivity contribution in [3.05, 3.63) is 51.5 Å². The van der Waals surface area contributed by atoms with Crippen LogP contribution < -0.4 is 14.8 Å². The standard InChI is InChI=1S/C19H20Cl2N2O5S/c1-23(2)29(25,26)17-10-13(4-5-14(17)20)19(24)22-11-12-8-15(21)18-16(9-12)27-6-3-7-28-18/h4-5,8-10H,3,6-7,11H2,1-2H3,(H,22,24). The van der Waals surface area contributed by atoms with E-state index in [0.717, 1.165) is 16.3 Å². The number of halogens is 2. The van der Waals surface area contributed by atoms with E-state index in [4.69, 9.17) is 32.7 Å². The minimum atomic E-state index is -3.78. The average Bonchev–Trinajstić information content (AvgIpc) is 2.92. The van der Waals surface area contributed by atoms with Gasteiger partial charge in [-0.1, -0.05) is 23.2 Å². The topological polar surface area (TPSA) is 84.9 Å². The van der Waals surface area contributed by atoms with Gasteiger partial charge in [0.05, 0.1) is 23.3 Å². The number of carbonyl (C=O) groups excluding carboxylic acids is 1. The van der Waals surface area contributed by atoms with E-state index < -0.39 is 15.9 Å². The van der Waals surface area contributed by atoms with Gasteiger partial charge in [0.1, 0.15) is 4.90 Å². The molecule has 3 rings (SSSR count). The molecule has 1 N–H and O–H groups in total. The summed E-state index contributed by atoms with van der Waals surface area (Å²) < 4.78 is 37.0. The quantitative estimate of drug-likeness (QED) is 0.742. The summed E-state index contributed by atoms with van der Waals surface area (Å²) in [5.74, 6) is 0.584. The third-order valence-electron chi connectivity index (χ3n) is 4.27. The lowest BCUT2D eigenvalue weighted by Crippen LogP contribution is -2.25. The predicted molar refractivity (Wildman–Crippen MR) is 111 cm³/mol. The van der Waals surface area contributed by atoms with Gasteiger partial charge in [0.2, 0.25) is 10.0 Å². The first kappa shape index (κ1) is 21.7. The molecule has 2 aromatic carbocycles. The molecule has 10 heteroatoms. The fraction of sp³-hybridized carbons (Fsp3) is 0.316. The zero-order chi connectivity index (χ0) is 21.2. The first-order chi connectivity index (χ1) is 13.7. The van der Waals surface area contributed by atoms with Crippen LogP contribution in [0.15, 0.2) is 35.2 Å². The molecule has 0 atom stereocenters. The van der Waals surface area contributed by atoms with Crippen LogP contribution in [0.3, 0.4) is 0 Å². The van der Waals surface area contributed by atoms with Crippen LogP contribution in [-0.2, 0) is 16.6 Å². The van der Waals surface area contributed by atoms with Crippen molar-refractivity contribution in [2.24, 2.45) is 0 Å². The van der Waals surface area contributed by atoms with Crippen molar-refractivity contribution in [3.63, 3.8) is 0 Å². The molecule has 0 fully saturated rings. The van der Waals surface area contributed by atoms with Crippen molar-refractivity contribution in [2.75, 3.05) is 27.3 Å². The number of nitrogens with one attached hydrogen (secondary N) is 1. The Kier molecular flexibility index (Phi) is 6.58. The summed E-state index contributed by atoms with van der Waals surface area (Å²) in [7, 11) is -0.986. The molecule has 0 aromatic heterocycles. The number of sulfonamides is 1. The first-order valence-electron chi connectivity index (χ1n) is 8.78. The Morgan fingerprint density at radius 1 is 1.10 bits per heavy atom. The van der Waals surface area contributed by atoms with Gasteiger partial charge in [-0.25, -0.2) is 12.7 Å². The summed E-state index contributed by atoms with van der Waals surface area (Å²) in [5, 5.41) is 3.20.